The van der Waals surface area contributed by atoms with Gasteiger partial charge in [0.25, 0.3) is 0 Å². The fourth-order valence-electron chi connectivity index (χ4n) is 3.35. The van der Waals surface area contributed by atoms with E-state index in [-0.39, 0.29) is 0 Å². The molecule has 140 valence electrons. The van der Waals surface area contributed by atoms with Gasteiger partial charge in [0.15, 0.2) is 0 Å². The zero-order valence-electron chi connectivity index (χ0n) is 15.6. The lowest BCUT2D eigenvalue weighted by molar-refractivity contribution is 0.522. The van der Waals surface area contributed by atoms with Gasteiger partial charge in [-0.1, -0.05) is 36.8 Å². The standard InChI is InChI=1S/C22H20N4S2/c1-13-24-11-15(12-25-13)18-10-17(14-6-3-2-4-7-14)19-20(23)22(28-21(19)26-18)27-16-8-5-9-16/h2-4,6-7,10-12,16H,5,8-9,23H2,1H3. The first-order valence-corrected chi connectivity index (χ1v) is 11.1. The van der Waals surface area contributed by atoms with E-state index in [1.54, 1.807) is 11.3 Å². The average molecular weight is 405 g/mol. The van der Waals surface area contributed by atoms with Crippen LogP contribution >= 0.6 is 23.1 Å². The van der Waals surface area contributed by atoms with E-state index in [4.69, 9.17) is 10.7 Å². The number of rotatable bonds is 4. The predicted molar refractivity (Wildman–Crippen MR) is 119 cm³/mol. The number of aromatic nitrogens is 3. The van der Waals surface area contributed by atoms with Crippen molar-refractivity contribution in [3.8, 4) is 22.4 Å². The number of benzene rings is 1. The van der Waals surface area contributed by atoms with Gasteiger partial charge < -0.3 is 5.73 Å². The minimum Gasteiger partial charge on any atom is -0.397 e. The van der Waals surface area contributed by atoms with E-state index in [9.17, 15) is 0 Å². The molecular weight excluding hydrogens is 384 g/mol. The highest BCUT2D eigenvalue weighted by Crippen LogP contribution is 2.48. The van der Waals surface area contributed by atoms with E-state index in [0.717, 1.165) is 44.1 Å². The summed E-state index contributed by atoms with van der Waals surface area (Å²) < 4.78 is 1.20. The van der Waals surface area contributed by atoms with E-state index in [1.807, 2.05) is 37.1 Å². The Morgan fingerprint density at radius 2 is 1.82 bits per heavy atom. The summed E-state index contributed by atoms with van der Waals surface area (Å²) in [6, 6.07) is 12.5. The molecule has 1 aliphatic rings. The first-order chi connectivity index (χ1) is 13.7. The number of hydrogen-bond donors (Lipinski definition) is 1. The fraction of sp³-hybridized carbons (Fsp3) is 0.227. The number of aryl methyl sites for hydroxylation is 1. The lowest BCUT2D eigenvalue weighted by atomic mass is 10.00. The highest BCUT2D eigenvalue weighted by molar-refractivity contribution is 8.02. The Hall–Kier alpha value is -2.44. The lowest BCUT2D eigenvalue weighted by Crippen LogP contribution is -2.12. The topological polar surface area (TPSA) is 64.7 Å². The molecule has 0 radical (unpaired) electrons. The molecule has 28 heavy (non-hydrogen) atoms. The quantitative estimate of drug-likeness (QED) is 0.455. The Bertz CT molecular complexity index is 1130. The summed E-state index contributed by atoms with van der Waals surface area (Å²) in [7, 11) is 0. The smallest absolute Gasteiger partial charge is 0.127 e. The van der Waals surface area contributed by atoms with Crippen molar-refractivity contribution in [3.05, 3.63) is 54.6 Å². The summed E-state index contributed by atoms with van der Waals surface area (Å²) in [5, 5.41) is 1.76. The van der Waals surface area contributed by atoms with Gasteiger partial charge in [-0.2, -0.15) is 0 Å². The Kier molecular flexibility index (Phi) is 4.53. The SMILES string of the molecule is Cc1ncc(-c2cc(-c3ccccc3)c3c(N)c(SC4CCC4)sc3n2)cn1. The van der Waals surface area contributed by atoms with Crippen LogP contribution in [0.5, 0.6) is 0 Å². The molecule has 0 aliphatic heterocycles. The van der Waals surface area contributed by atoms with Crippen molar-refractivity contribution >= 4 is 39.0 Å². The van der Waals surface area contributed by atoms with Gasteiger partial charge in [-0.25, -0.2) is 15.0 Å². The molecule has 0 spiro atoms. The molecule has 0 atom stereocenters. The monoisotopic (exact) mass is 404 g/mol. The highest BCUT2D eigenvalue weighted by atomic mass is 32.2. The number of pyridine rings is 1. The van der Waals surface area contributed by atoms with Crippen molar-refractivity contribution in [1.29, 1.82) is 0 Å². The van der Waals surface area contributed by atoms with Crippen molar-refractivity contribution in [1.82, 2.24) is 15.0 Å². The maximum atomic E-state index is 6.64. The van der Waals surface area contributed by atoms with Gasteiger partial charge >= 0.3 is 0 Å². The van der Waals surface area contributed by atoms with Crippen LogP contribution in [0, 0.1) is 6.92 Å². The summed E-state index contributed by atoms with van der Waals surface area (Å²) in [5.74, 6) is 0.757. The van der Waals surface area contributed by atoms with Crippen molar-refractivity contribution < 1.29 is 0 Å². The summed E-state index contributed by atoms with van der Waals surface area (Å²) in [6.07, 6.45) is 7.57. The van der Waals surface area contributed by atoms with Crippen LogP contribution in [0.25, 0.3) is 32.6 Å². The molecule has 0 saturated heterocycles. The highest BCUT2D eigenvalue weighted by Gasteiger charge is 2.24. The predicted octanol–water partition coefficient (Wildman–Crippen LogP) is 5.96. The lowest BCUT2D eigenvalue weighted by Gasteiger charge is -2.23. The van der Waals surface area contributed by atoms with Crippen molar-refractivity contribution in [2.45, 2.75) is 35.6 Å². The molecule has 4 aromatic rings. The molecule has 5 rings (SSSR count). The van der Waals surface area contributed by atoms with Gasteiger partial charge in [0.1, 0.15) is 10.7 Å². The molecule has 1 fully saturated rings. The van der Waals surface area contributed by atoms with Crippen molar-refractivity contribution in [2.75, 3.05) is 5.73 Å². The molecule has 1 aromatic carbocycles. The summed E-state index contributed by atoms with van der Waals surface area (Å²) in [4.78, 5) is 14.6. The van der Waals surface area contributed by atoms with Crippen LogP contribution in [0.15, 0.2) is 53.0 Å². The largest absolute Gasteiger partial charge is 0.397 e. The summed E-state index contributed by atoms with van der Waals surface area (Å²) >= 11 is 3.63. The third kappa shape index (κ3) is 3.16. The zero-order valence-corrected chi connectivity index (χ0v) is 17.2. The van der Waals surface area contributed by atoms with E-state index >= 15 is 0 Å². The van der Waals surface area contributed by atoms with Gasteiger partial charge in [-0.05, 0) is 37.0 Å². The number of thiophene rings is 1. The minimum absolute atomic E-state index is 0.695. The molecule has 1 aliphatic carbocycles. The van der Waals surface area contributed by atoms with E-state index in [2.05, 4.69) is 40.3 Å². The molecular formula is C22H20N4S2. The molecule has 1 saturated carbocycles. The second-order valence-corrected chi connectivity index (χ2v) is 9.66. The second kappa shape index (κ2) is 7.18. The Morgan fingerprint density at radius 1 is 1.07 bits per heavy atom. The molecule has 4 nitrogen and oxygen atoms in total. The summed E-state index contributed by atoms with van der Waals surface area (Å²) in [5.41, 5.74) is 11.6. The number of hydrogen-bond acceptors (Lipinski definition) is 6. The number of nitrogens with zero attached hydrogens (tertiary/aromatic N) is 3. The van der Waals surface area contributed by atoms with Crippen LogP contribution in [0.4, 0.5) is 5.69 Å². The van der Waals surface area contributed by atoms with E-state index < -0.39 is 0 Å². The van der Waals surface area contributed by atoms with Crippen LogP contribution in [-0.4, -0.2) is 20.2 Å². The van der Waals surface area contributed by atoms with E-state index in [1.165, 1.54) is 23.5 Å². The van der Waals surface area contributed by atoms with E-state index in [0.29, 0.717) is 5.25 Å². The molecule has 6 heteroatoms. The molecule has 3 aromatic heterocycles. The summed E-state index contributed by atoms with van der Waals surface area (Å²) in [6.45, 7) is 1.89. The van der Waals surface area contributed by atoms with Crippen molar-refractivity contribution in [2.24, 2.45) is 0 Å². The molecule has 2 N–H and O–H groups in total. The zero-order chi connectivity index (χ0) is 19.1. The molecule has 0 amide bonds. The Balaban J connectivity index is 1.71. The Labute approximate surface area is 172 Å². The third-order valence-electron chi connectivity index (χ3n) is 5.15. The van der Waals surface area contributed by atoms with Crippen LogP contribution < -0.4 is 5.73 Å². The number of fused-ring (bicyclic) bond motifs is 1. The molecule has 0 unspecified atom stereocenters. The number of thioether (sulfide) groups is 1. The maximum Gasteiger partial charge on any atom is 0.127 e. The molecule has 3 heterocycles. The number of nitrogen functional groups attached to an aromatic ring is 1. The number of nitrogens with two attached hydrogens (primary N) is 1. The third-order valence-corrected chi connectivity index (χ3v) is 7.82. The second-order valence-electron chi connectivity index (χ2n) is 7.09. The Morgan fingerprint density at radius 3 is 2.50 bits per heavy atom. The fourth-order valence-corrected chi connectivity index (χ4v) is 6.14. The van der Waals surface area contributed by atoms with Gasteiger partial charge in [-0.15, -0.1) is 23.1 Å². The average Bonchev–Trinajstić information content (AvgIpc) is 3.01. The minimum atomic E-state index is 0.695. The van der Waals surface area contributed by atoms with Crippen LogP contribution in [0.2, 0.25) is 0 Å². The van der Waals surface area contributed by atoms with Gasteiger partial charge in [0.05, 0.1) is 15.6 Å². The molecule has 0 bridgehead atoms. The van der Waals surface area contributed by atoms with Gasteiger partial charge in [0.2, 0.25) is 0 Å². The normalized spacial score (nSPS) is 14.3. The van der Waals surface area contributed by atoms with Crippen molar-refractivity contribution in [3.63, 3.8) is 0 Å². The number of anilines is 1. The van der Waals surface area contributed by atoms with Crippen LogP contribution in [0.3, 0.4) is 0 Å². The van der Waals surface area contributed by atoms with Crippen LogP contribution in [-0.2, 0) is 0 Å². The van der Waals surface area contributed by atoms with Crippen LogP contribution in [0.1, 0.15) is 25.1 Å². The van der Waals surface area contributed by atoms with Gasteiger partial charge in [-0.3, -0.25) is 0 Å². The first kappa shape index (κ1) is 17.6. The van der Waals surface area contributed by atoms with Gasteiger partial charge in [0, 0.05) is 28.6 Å². The maximum absolute atomic E-state index is 6.64. The first-order valence-electron chi connectivity index (χ1n) is 9.43.